The number of anilines is 4. The Labute approximate surface area is 402 Å². The van der Waals surface area contributed by atoms with Crippen molar-refractivity contribution in [1.29, 1.82) is 10.5 Å². The van der Waals surface area contributed by atoms with Crippen LogP contribution in [-0.4, -0.2) is 85.5 Å². The average molecular weight is 991 g/mol. The van der Waals surface area contributed by atoms with E-state index in [2.05, 4.69) is 63.8 Å². The monoisotopic (exact) mass is 990 g/mol. The highest BCUT2D eigenvalue weighted by Gasteiger charge is 2.19. The molecule has 0 radical (unpaired) electrons. The Kier molecular flexibility index (Phi) is 17.5. The summed E-state index contributed by atoms with van der Waals surface area (Å²) in [6.07, 6.45) is 0.918. The van der Waals surface area contributed by atoms with Gasteiger partial charge in [0, 0.05) is 47.1 Å². The van der Waals surface area contributed by atoms with E-state index in [4.69, 9.17) is 0 Å². The number of nitriles is 2. The molecular weight excluding hydrogens is 945 g/mol. The number of azo groups is 2. The van der Waals surface area contributed by atoms with Crippen LogP contribution in [0.4, 0.5) is 46.0 Å². The Morgan fingerprint density at radius 1 is 0.522 bits per heavy atom. The first-order valence-electron chi connectivity index (χ1n) is 21.0. The highest BCUT2D eigenvalue weighted by atomic mass is 32.2. The summed E-state index contributed by atoms with van der Waals surface area (Å²) >= 11 is 1.50. The molecule has 23 heteroatoms. The molecule has 0 spiro atoms. The molecule has 0 unspecified atom stereocenters. The molecule has 0 aliphatic heterocycles. The van der Waals surface area contributed by atoms with Crippen molar-refractivity contribution in [1.82, 2.24) is 9.97 Å². The average Bonchev–Trinajstić information content (AvgIpc) is 3.33. The molecule has 20 nitrogen and oxygen atoms in total. The van der Waals surface area contributed by atoms with E-state index in [0.29, 0.717) is 71.4 Å². The fourth-order valence-corrected chi connectivity index (χ4v) is 8.35. The van der Waals surface area contributed by atoms with Crippen molar-refractivity contribution in [3.63, 3.8) is 0 Å². The Hall–Kier alpha value is -7.35. The van der Waals surface area contributed by atoms with E-state index in [1.807, 2.05) is 24.3 Å². The number of aliphatic hydroxyl groups is 2. The lowest BCUT2D eigenvalue weighted by Crippen LogP contribution is -2.13. The molecule has 0 aliphatic rings. The van der Waals surface area contributed by atoms with Crippen LogP contribution < -0.4 is 21.3 Å². The fourth-order valence-electron chi connectivity index (χ4n) is 6.58. The first-order valence-corrected chi connectivity index (χ1v) is 24.7. The molecule has 0 bridgehead atoms. The third-order valence-corrected chi connectivity index (χ3v) is 12.9. The van der Waals surface area contributed by atoms with Crippen LogP contribution in [0.2, 0.25) is 0 Å². The second-order valence-electron chi connectivity index (χ2n) is 14.9. The van der Waals surface area contributed by atoms with Gasteiger partial charge in [0.2, 0.25) is 0 Å². The highest BCUT2D eigenvalue weighted by molar-refractivity contribution is 7.99. The molecule has 6 aromatic rings. The van der Waals surface area contributed by atoms with Crippen LogP contribution in [0.3, 0.4) is 0 Å². The minimum atomic E-state index is -4.32. The van der Waals surface area contributed by atoms with Crippen LogP contribution in [-0.2, 0) is 33.1 Å². The predicted molar refractivity (Wildman–Crippen MR) is 261 cm³/mol. The molecular formula is C46H46N12O8S3. The van der Waals surface area contributed by atoms with Crippen LogP contribution in [0.15, 0.2) is 137 Å². The number of hydrogen-bond acceptors (Lipinski definition) is 19. The van der Waals surface area contributed by atoms with Crippen molar-refractivity contribution in [2.45, 2.75) is 46.3 Å². The zero-order chi connectivity index (χ0) is 49.6. The molecule has 6 rings (SSSR count). The van der Waals surface area contributed by atoms with E-state index < -0.39 is 20.2 Å². The van der Waals surface area contributed by atoms with Gasteiger partial charge in [-0.15, -0.1) is 10.2 Å². The predicted octanol–water partition coefficient (Wildman–Crippen LogP) is 8.43. The van der Waals surface area contributed by atoms with Gasteiger partial charge in [-0.3, -0.25) is 9.11 Å². The second kappa shape index (κ2) is 23.6. The summed E-state index contributed by atoms with van der Waals surface area (Å²) < 4.78 is 64.4. The van der Waals surface area contributed by atoms with Gasteiger partial charge < -0.3 is 31.5 Å². The van der Waals surface area contributed by atoms with Crippen molar-refractivity contribution < 1.29 is 36.2 Å². The number of benzene rings is 4. The van der Waals surface area contributed by atoms with Gasteiger partial charge in [0.15, 0.2) is 11.6 Å². The molecule has 69 heavy (non-hydrogen) atoms. The molecule has 2 heterocycles. The van der Waals surface area contributed by atoms with Crippen LogP contribution in [0.1, 0.15) is 33.4 Å². The molecule has 8 N–H and O–H groups in total. The Balaban J connectivity index is 1.14. The Bertz CT molecular complexity index is 2930. The molecule has 2 aromatic heterocycles. The molecule has 0 saturated carbocycles. The number of nitrogens with one attached hydrogen (secondary N) is 4. The number of aliphatic hydroxyl groups excluding tert-OH is 2. The topological polar surface area (TPSA) is 320 Å². The highest BCUT2D eigenvalue weighted by Crippen LogP contribution is 2.37. The van der Waals surface area contributed by atoms with Gasteiger partial charge in [0.1, 0.15) is 35.1 Å². The SMILES string of the molecule is Cc1c(C#N)c(NCCO)nc(NCCc2ccc(S(=O)(=O)O)cc2)c1N=Nc1ccc(Sc2ccc(N=Nc3c(NCCc4ccc(S(=O)(=O)O)cc4)nc(NCCO)c(C#N)c3C)cc2)cc1. The van der Waals surface area contributed by atoms with E-state index in [9.17, 15) is 46.7 Å². The molecule has 0 atom stereocenters. The number of hydrogen-bond donors (Lipinski definition) is 8. The molecule has 0 fully saturated rings. The summed E-state index contributed by atoms with van der Waals surface area (Å²) in [5, 5.41) is 69.1. The zero-order valence-electron chi connectivity index (χ0n) is 37.1. The van der Waals surface area contributed by atoms with Crippen LogP contribution in [0, 0.1) is 36.5 Å². The first kappa shape index (κ1) is 51.0. The number of nitrogens with zero attached hydrogens (tertiary/aromatic N) is 8. The first-order chi connectivity index (χ1) is 33.1. The van der Waals surface area contributed by atoms with Crippen molar-refractivity contribution in [3.8, 4) is 12.1 Å². The van der Waals surface area contributed by atoms with E-state index in [0.717, 1.165) is 20.9 Å². The zero-order valence-corrected chi connectivity index (χ0v) is 39.6. The van der Waals surface area contributed by atoms with Gasteiger partial charge in [0.05, 0.1) is 45.5 Å². The Morgan fingerprint density at radius 2 is 0.870 bits per heavy atom. The lowest BCUT2D eigenvalue weighted by molar-refractivity contribution is 0.310. The molecule has 0 aliphatic carbocycles. The van der Waals surface area contributed by atoms with Crippen molar-refractivity contribution >= 4 is 78.0 Å². The summed E-state index contributed by atoms with van der Waals surface area (Å²) in [5.41, 5.74) is 4.82. The van der Waals surface area contributed by atoms with Crippen LogP contribution >= 0.6 is 11.8 Å². The third kappa shape index (κ3) is 13.9. The molecule has 356 valence electrons. The maximum absolute atomic E-state index is 11.4. The largest absolute Gasteiger partial charge is 0.395 e. The van der Waals surface area contributed by atoms with Gasteiger partial charge in [0.25, 0.3) is 20.2 Å². The van der Waals surface area contributed by atoms with Gasteiger partial charge >= 0.3 is 0 Å². The van der Waals surface area contributed by atoms with Gasteiger partial charge in [-0.2, -0.15) is 37.6 Å². The van der Waals surface area contributed by atoms with Crippen molar-refractivity contribution in [2.75, 3.05) is 60.7 Å². The number of rotatable bonds is 22. The lowest BCUT2D eigenvalue weighted by Gasteiger charge is -2.15. The summed E-state index contributed by atoms with van der Waals surface area (Å²) in [5.74, 6) is 1.20. The number of aromatic nitrogens is 2. The summed E-state index contributed by atoms with van der Waals surface area (Å²) in [4.78, 5) is 10.6. The normalized spacial score (nSPS) is 11.7. The van der Waals surface area contributed by atoms with Gasteiger partial charge in [-0.1, -0.05) is 36.0 Å². The van der Waals surface area contributed by atoms with E-state index in [1.165, 1.54) is 36.0 Å². The van der Waals surface area contributed by atoms with Gasteiger partial charge in [-0.25, -0.2) is 9.97 Å². The van der Waals surface area contributed by atoms with Gasteiger partial charge in [-0.05, 0) is 111 Å². The van der Waals surface area contributed by atoms with E-state index >= 15 is 0 Å². The maximum atomic E-state index is 11.4. The quantitative estimate of drug-likeness (QED) is 0.0234. The molecule has 0 amide bonds. The van der Waals surface area contributed by atoms with E-state index in [1.54, 1.807) is 62.4 Å². The lowest BCUT2D eigenvalue weighted by atomic mass is 10.1. The molecule has 4 aromatic carbocycles. The van der Waals surface area contributed by atoms with Crippen LogP contribution in [0.5, 0.6) is 0 Å². The standard InChI is InChI=1S/C46H46N12O8S3/c1-29-39(27-47)43(51-23-25-59)53-45(49-21-19-31-3-15-37(16-4-31)68(61,62)63)41(29)57-55-33-7-11-35(12-8-33)67-36-13-9-34(10-14-36)56-58-42-30(2)40(28-48)44(52-24-26-60)54-46(42)50-22-20-32-5-17-38(18-6-32)69(64,65)66/h3-18,59-60H,19-26H2,1-2H3,(H2,49,51,53)(H2,50,52,54)(H,61,62,63)(H,64,65,66). The third-order valence-electron chi connectivity index (χ3n) is 10.2. The smallest absolute Gasteiger partial charge is 0.294 e. The number of pyridine rings is 2. The minimum Gasteiger partial charge on any atom is -0.395 e. The minimum absolute atomic E-state index is 0.164. The van der Waals surface area contributed by atoms with Crippen LogP contribution in [0.25, 0.3) is 0 Å². The summed E-state index contributed by atoms with van der Waals surface area (Å²) in [6.45, 7) is 4.12. The van der Waals surface area contributed by atoms with Crippen molar-refractivity contribution in [3.05, 3.63) is 130 Å². The van der Waals surface area contributed by atoms with E-state index in [-0.39, 0.29) is 58.9 Å². The summed E-state index contributed by atoms with van der Waals surface area (Å²) in [7, 11) is -8.64. The molecule has 0 saturated heterocycles. The fraction of sp³-hybridized carbons (Fsp3) is 0.217. The Morgan fingerprint density at radius 3 is 1.19 bits per heavy atom. The van der Waals surface area contributed by atoms with Crippen molar-refractivity contribution in [2.24, 2.45) is 20.5 Å². The maximum Gasteiger partial charge on any atom is 0.294 e. The summed E-state index contributed by atoms with van der Waals surface area (Å²) in [6, 6.07) is 30.7. The second-order valence-corrected chi connectivity index (χ2v) is 18.9.